The van der Waals surface area contributed by atoms with E-state index in [9.17, 15) is 37.9 Å². The highest BCUT2D eigenvalue weighted by atomic mass is 32.2. The smallest absolute Gasteiger partial charge is 0.153 e. The first-order valence-corrected chi connectivity index (χ1v) is 30.4. The predicted molar refractivity (Wildman–Crippen MR) is 243 cm³/mol. The molecular formula is C41H77NO9S6. The van der Waals surface area contributed by atoms with Crippen LogP contribution in [0.25, 0.3) is 0 Å². The third-order valence-electron chi connectivity index (χ3n) is 12.5. The van der Waals surface area contributed by atoms with Crippen molar-refractivity contribution >= 4 is 67.8 Å². The molecule has 0 bridgehead atoms. The molecule has 0 radical (unpaired) electrons. The fourth-order valence-electron chi connectivity index (χ4n) is 8.50. The van der Waals surface area contributed by atoms with Crippen molar-refractivity contribution in [2.45, 2.75) is 203 Å². The second-order valence-electron chi connectivity index (χ2n) is 20.4. The van der Waals surface area contributed by atoms with Gasteiger partial charge in [-0.25, -0.2) is 29.5 Å². The Morgan fingerprint density at radius 1 is 0.509 bits per heavy atom. The molecule has 3 heterocycles. The van der Waals surface area contributed by atoms with Gasteiger partial charge in [-0.2, -0.15) is 4.40 Å². The van der Waals surface area contributed by atoms with E-state index in [1.807, 2.05) is 62.3 Å². The van der Waals surface area contributed by atoms with Crippen LogP contribution in [-0.4, -0.2) is 103 Å². The zero-order chi connectivity index (χ0) is 43.1. The van der Waals surface area contributed by atoms with Crippen LogP contribution in [0.5, 0.6) is 0 Å². The Hall–Kier alpha value is -0.0300. The number of hydrogen-bond donors (Lipinski definition) is 0. The van der Waals surface area contributed by atoms with Crippen LogP contribution in [0.4, 0.5) is 0 Å². The monoisotopic (exact) mass is 919 g/mol. The lowest BCUT2D eigenvalue weighted by Crippen LogP contribution is -2.54. The van der Waals surface area contributed by atoms with Gasteiger partial charge in [-0.15, -0.1) is 0 Å². The maximum atomic E-state index is 12.5. The molecule has 16 heteroatoms. The van der Waals surface area contributed by atoms with E-state index < -0.39 is 62.1 Å². The summed E-state index contributed by atoms with van der Waals surface area (Å²) in [7, 11) is -11.3. The van der Waals surface area contributed by atoms with Gasteiger partial charge in [0.15, 0.2) is 19.7 Å². The summed E-state index contributed by atoms with van der Waals surface area (Å²) in [5.41, 5.74) is 0.764. The van der Waals surface area contributed by atoms with E-state index in [2.05, 4.69) is 4.40 Å². The minimum Gasteiger partial charge on any atom is -0.259 e. The SMILES string of the molecule is CC(C)(C)[S@](=O)CC1([C@@H]2CCS2(=O)=O)CCCCC1.CC(C)(C)[S@](=O)CC1([C@H]2CCS2(=O)=O)CCCCC1.CC(C)(C)[S@](=O)N=C1CCCCC1.O=S1(=O)CCC1. The first-order chi connectivity index (χ1) is 26.1. The van der Waals surface area contributed by atoms with E-state index >= 15 is 0 Å². The Kier molecular flexibility index (Phi) is 18.4. The summed E-state index contributed by atoms with van der Waals surface area (Å²) in [5.74, 6) is 2.66. The van der Waals surface area contributed by atoms with Crippen LogP contribution in [0.2, 0.25) is 0 Å². The Morgan fingerprint density at radius 2 is 0.842 bits per heavy atom. The highest BCUT2D eigenvalue weighted by molar-refractivity contribution is 7.94. The molecule has 6 aliphatic rings. The van der Waals surface area contributed by atoms with Crippen molar-refractivity contribution in [1.82, 2.24) is 0 Å². The third-order valence-corrected chi connectivity index (χ3v) is 25.1. The van der Waals surface area contributed by atoms with Gasteiger partial charge in [0.1, 0.15) is 20.8 Å². The molecule has 0 amide bonds. The molecule has 0 unspecified atom stereocenters. The Morgan fingerprint density at radius 3 is 1.07 bits per heavy atom. The summed E-state index contributed by atoms with van der Waals surface area (Å²) in [6.45, 7) is 17.8. The molecule has 3 saturated heterocycles. The standard InChI is InChI=1S/2C14H26O3S2.C10H19NOS.C3H6O2S/c2*1-13(2,3)18(15)11-14(8-5-4-6-9-14)12-7-10-19(12,16)17;1-10(2,3)13(12)11-9-7-5-4-6-8-9;4-6(5)2-1-3-6/h2*12H,4-11H2,1-3H3;4-8H2,1-3H3;1-3H2/t12-,18+;12-,18-;13-;/m010./s1. The van der Waals surface area contributed by atoms with E-state index in [-0.39, 0.29) is 35.6 Å². The summed E-state index contributed by atoms with van der Waals surface area (Å²) in [6, 6.07) is 0. The van der Waals surface area contributed by atoms with Crippen LogP contribution < -0.4 is 0 Å². The Balaban J connectivity index is 0.000000216. The van der Waals surface area contributed by atoms with Gasteiger partial charge in [-0.1, -0.05) is 44.9 Å². The van der Waals surface area contributed by atoms with E-state index in [4.69, 9.17) is 0 Å². The molecule has 6 fully saturated rings. The summed E-state index contributed by atoms with van der Waals surface area (Å²) < 4.78 is 109. The number of hydrogen-bond acceptors (Lipinski definition) is 9. The van der Waals surface area contributed by atoms with Gasteiger partial charge in [-0.05, 0) is 144 Å². The lowest BCUT2D eigenvalue weighted by molar-refractivity contribution is 0.196. The van der Waals surface area contributed by atoms with E-state index in [1.165, 1.54) is 37.8 Å². The van der Waals surface area contributed by atoms with Gasteiger partial charge in [0.05, 0.1) is 38.3 Å². The fourth-order valence-corrected chi connectivity index (χ4v) is 16.9. The maximum absolute atomic E-state index is 12.5. The van der Waals surface area contributed by atoms with E-state index in [0.717, 1.165) is 83.5 Å². The molecule has 0 aromatic carbocycles. The topological polar surface area (TPSA) is 166 Å². The minimum atomic E-state index is -2.91. The van der Waals surface area contributed by atoms with Crippen molar-refractivity contribution in [3.05, 3.63) is 0 Å². The Labute approximate surface area is 355 Å². The van der Waals surface area contributed by atoms with Crippen LogP contribution in [-0.2, 0) is 62.1 Å². The van der Waals surface area contributed by atoms with Crippen molar-refractivity contribution < 1.29 is 37.9 Å². The van der Waals surface area contributed by atoms with E-state index in [1.54, 1.807) is 0 Å². The van der Waals surface area contributed by atoms with Crippen molar-refractivity contribution in [3.8, 4) is 0 Å². The van der Waals surface area contributed by atoms with Crippen molar-refractivity contribution in [2.75, 3.05) is 34.5 Å². The average Bonchev–Trinajstić information content (AvgIpc) is 3.07. The molecule has 57 heavy (non-hydrogen) atoms. The highest BCUT2D eigenvalue weighted by Crippen LogP contribution is 2.49. The number of sulfone groups is 3. The summed E-state index contributed by atoms with van der Waals surface area (Å²) in [4.78, 5) is 0. The van der Waals surface area contributed by atoms with Gasteiger partial charge in [0.25, 0.3) is 0 Å². The fraction of sp³-hybridized carbons (Fsp3) is 0.976. The molecule has 0 aromatic heterocycles. The molecule has 0 spiro atoms. The lowest BCUT2D eigenvalue weighted by atomic mass is 9.72. The second-order valence-corrected chi connectivity index (χ2v) is 33.6. The first-order valence-electron chi connectivity index (χ1n) is 21.4. The van der Waals surface area contributed by atoms with Crippen LogP contribution in [0.1, 0.15) is 178 Å². The predicted octanol–water partition coefficient (Wildman–Crippen LogP) is 8.00. The molecule has 3 saturated carbocycles. The van der Waals surface area contributed by atoms with Gasteiger partial charge in [0, 0.05) is 48.3 Å². The molecule has 0 N–H and O–H groups in total. The summed E-state index contributed by atoms with van der Waals surface area (Å²) in [5, 5.41) is -0.432. The molecular weight excluding hydrogens is 843 g/mol. The maximum Gasteiger partial charge on any atom is 0.153 e. The molecule has 3 aliphatic carbocycles. The third kappa shape index (κ3) is 15.1. The lowest BCUT2D eigenvalue weighted by Gasteiger charge is -2.47. The molecule has 3 aliphatic heterocycles. The molecule has 6 rings (SSSR count). The summed E-state index contributed by atoms with van der Waals surface area (Å²) in [6.07, 6.45) is 18.8. The molecule has 10 nitrogen and oxygen atoms in total. The second kappa shape index (κ2) is 20.4. The van der Waals surface area contributed by atoms with Crippen LogP contribution in [0.3, 0.4) is 0 Å². The van der Waals surface area contributed by atoms with Gasteiger partial charge < -0.3 is 0 Å². The van der Waals surface area contributed by atoms with Crippen molar-refractivity contribution in [2.24, 2.45) is 15.2 Å². The van der Waals surface area contributed by atoms with Gasteiger partial charge in [-0.3, -0.25) is 8.42 Å². The minimum absolute atomic E-state index is 0.201. The highest BCUT2D eigenvalue weighted by Gasteiger charge is 2.54. The summed E-state index contributed by atoms with van der Waals surface area (Å²) >= 11 is 0. The average molecular weight is 920 g/mol. The van der Waals surface area contributed by atoms with Crippen LogP contribution >= 0.6 is 0 Å². The molecule has 5 atom stereocenters. The first kappa shape index (κ1) is 51.3. The van der Waals surface area contributed by atoms with Gasteiger partial charge >= 0.3 is 0 Å². The Bertz CT molecular complexity index is 1670. The van der Waals surface area contributed by atoms with E-state index in [0.29, 0.717) is 34.5 Å². The van der Waals surface area contributed by atoms with Crippen molar-refractivity contribution in [1.29, 1.82) is 0 Å². The largest absolute Gasteiger partial charge is 0.259 e. The zero-order valence-electron chi connectivity index (χ0n) is 36.7. The van der Waals surface area contributed by atoms with Crippen LogP contribution in [0, 0.1) is 10.8 Å². The molecule has 0 aromatic rings. The quantitative estimate of drug-likeness (QED) is 0.246. The zero-order valence-corrected chi connectivity index (χ0v) is 41.6. The number of rotatable bonds is 7. The normalized spacial score (nSPS) is 28.8. The number of nitrogens with zero attached hydrogens (tertiary/aromatic N) is 1. The molecule has 336 valence electrons. The van der Waals surface area contributed by atoms with Crippen LogP contribution in [0.15, 0.2) is 4.40 Å². The van der Waals surface area contributed by atoms with Gasteiger partial charge in [0.2, 0.25) is 0 Å². The van der Waals surface area contributed by atoms with Crippen molar-refractivity contribution in [3.63, 3.8) is 0 Å².